The molecule has 7 nitrogen and oxygen atoms in total. The summed E-state index contributed by atoms with van der Waals surface area (Å²) in [6.07, 6.45) is 4.73. The SMILES string of the molecule is CCOP(=O)(Cc1ccccc1NC(=O)C=Cc1cnn(C)c1-c1ccc(F)cc1)OCC. The number of aryl methyl sites for hydroxylation is 1. The number of carbonyl (C=O) groups excluding carboxylic acids is 1. The molecule has 1 heterocycles. The second-order valence-corrected chi connectivity index (χ2v) is 9.22. The van der Waals surface area contributed by atoms with Gasteiger partial charge in [-0.1, -0.05) is 18.2 Å². The Labute approximate surface area is 192 Å². The first-order chi connectivity index (χ1) is 15.8. The Hall–Kier alpha value is -3.06. The van der Waals surface area contributed by atoms with Crippen LogP contribution in [0.4, 0.5) is 10.1 Å². The molecule has 174 valence electrons. The smallest absolute Gasteiger partial charge is 0.322 e. The molecule has 0 saturated heterocycles. The zero-order valence-electron chi connectivity index (χ0n) is 18.8. The number of anilines is 1. The molecule has 0 aliphatic heterocycles. The van der Waals surface area contributed by atoms with E-state index in [1.807, 2.05) is 0 Å². The van der Waals surface area contributed by atoms with Crippen molar-refractivity contribution in [3.8, 4) is 11.3 Å². The summed E-state index contributed by atoms with van der Waals surface area (Å²) in [5.74, 6) is -0.687. The van der Waals surface area contributed by atoms with E-state index in [0.29, 0.717) is 16.8 Å². The van der Waals surface area contributed by atoms with Crippen molar-refractivity contribution in [1.82, 2.24) is 9.78 Å². The topological polar surface area (TPSA) is 82.5 Å². The highest BCUT2D eigenvalue weighted by Gasteiger charge is 2.25. The summed E-state index contributed by atoms with van der Waals surface area (Å²) >= 11 is 0. The average Bonchev–Trinajstić information content (AvgIpc) is 3.15. The van der Waals surface area contributed by atoms with Crippen LogP contribution in [-0.4, -0.2) is 28.9 Å². The molecule has 0 spiro atoms. The van der Waals surface area contributed by atoms with E-state index in [2.05, 4.69) is 10.4 Å². The van der Waals surface area contributed by atoms with Gasteiger partial charge in [0.1, 0.15) is 5.82 Å². The minimum absolute atomic E-state index is 0.0478. The molecular weight excluding hydrogens is 444 g/mol. The Bertz CT molecular complexity index is 1160. The minimum atomic E-state index is -3.32. The fourth-order valence-electron chi connectivity index (χ4n) is 3.39. The number of benzene rings is 2. The third-order valence-corrected chi connectivity index (χ3v) is 6.82. The third-order valence-electron chi connectivity index (χ3n) is 4.79. The third kappa shape index (κ3) is 6.48. The van der Waals surface area contributed by atoms with Gasteiger partial charge in [0.2, 0.25) is 5.91 Å². The van der Waals surface area contributed by atoms with Gasteiger partial charge < -0.3 is 14.4 Å². The largest absolute Gasteiger partial charge is 0.335 e. The molecule has 0 aliphatic carbocycles. The van der Waals surface area contributed by atoms with E-state index >= 15 is 0 Å². The lowest BCUT2D eigenvalue weighted by molar-refractivity contribution is -0.111. The Morgan fingerprint density at radius 2 is 1.79 bits per heavy atom. The van der Waals surface area contributed by atoms with Crippen LogP contribution in [0.2, 0.25) is 0 Å². The molecule has 0 saturated carbocycles. The molecule has 0 radical (unpaired) electrons. The number of aromatic nitrogens is 2. The monoisotopic (exact) mass is 471 g/mol. The summed E-state index contributed by atoms with van der Waals surface area (Å²) in [4.78, 5) is 12.6. The maximum absolute atomic E-state index is 13.3. The van der Waals surface area contributed by atoms with Gasteiger partial charge in [0.25, 0.3) is 0 Å². The van der Waals surface area contributed by atoms with Crippen LogP contribution >= 0.6 is 7.60 Å². The molecule has 1 amide bonds. The number of nitrogens with one attached hydrogen (secondary N) is 1. The number of hydrogen-bond donors (Lipinski definition) is 1. The van der Waals surface area contributed by atoms with Gasteiger partial charge in [0, 0.05) is 29.9 Å². The van der Waals surface area contributed by atoms with Crippen LogP contribution in [0.5, 0.6) is 0 Å². The summed E-state index contributed by atoms with van der Waals surface area (Å²) in [5, 5.41) is 7.07. The Morgan fingerprint density at radius 3 is 2.45 bits per heavy atom. The number of amides is 1. The summed E-state index contributed by atoms with van der Waals surface area (Å²) < 4.78 is 38.6. The number of rotatable bonds is 10. The predicted octanol–water partition coefficient (Wildman–Crippen LogP) is 5.64. The number of hydrogen-bond acceptors (Lipinski definition) is 5. The predicted molar refractivity (Wildman–Crippen MR) is 127 cm³/mol. The first kappa shape index (κ1) is 24.6. The van der Waals surface area contributed by atoms with Crippen molar-refractivity contribution in [1.29, 1.82) is 0 Å². The molecule has 0 unspecified atom stereocenters. The fourth-order valence-corrected chi connectivity index (χ4v) is 5.13. The maximum atomic E-state index is 13.3. The van der Waals surface area contributed by atoms with Crippen LogP contribution < -0.4 is 5.32 Å². The molecule has 2 aromatic carbocycles. The summed E-state index contributed by atoms with van der Waals surface area (Å²) in [5.41, 5.74) is 3.43. The van der Waals surface area contributed by atoms with Gasteiger partial charge in [-0.3, -0.25) is 14.0 Å². The van der Waals surface area contributed by atoms with Crippen LogP contribution in [0.15, 0.2) is 60.8 Å². The number of halogens is 1. The standard InChI is InChI=1S/C24H27FN3O4P/c1-4-31-33(30,32-5-2)17-20-8-6-7-9-22(20)27-23(29)15-12-19-16-26-28(3)24(19)18-10-13-21(25)14-11-18/h6-16H,4-5,17H2,1-3H3,(H,27,29). The molecular formula is C24H27FN3O4P. The molecule has 3 aromatic rings. The molecule has 0 aliphatic rings. The molecule has 3 rings (SSSR count). The number of carbonyl (C=O) groups is 1. The molecule has 1 aromatic heterocycles. The zero-order chi connectivity index (χ0) is 23.8. The summed E-state index contributed by atoms with van der Waals surface area (Å²) in [6.45, 7) is 4.03. The number of nitrogens with zero attached hydrogens (tertiary/aromatic N) is 2. The first-order valence-electron chi connectivity index (χ1n) is 10.6. The number of para-hydroxylation sites is 1. The Kier molecular flexibility index (Phi) is 8.33. The molecule has 33 heavy (non-hydrogen) atoms. The second-order valence-electron chi connectivity index (χ2n) is 7.16. The van der Waals surface area contributed by atoms with Crippen molar-refractivity contribution in [3.05, 3.63) is 77.7 Å². The van der Waals surface area contributed by atoms with Crippen molar-refractivity contribution in [2.45, 2.75) is 20.0 Å². The maximum Gasteiger partial charge on any atom is 0.335 e. The van der Waals surface area contributed by atoms with E-state index in [9.17, 15) is 13.8 Å². The van der Waals surface area contributed by atoms with Crippen LogP contribution in [0, 0.1) is 5.82 Å². The lowest BCUT2D eigenvalue weighted by Gasteiger charge is -2.18. The van der Waals surface area contributed by atoms with E-state index in [1.165, 1.54) is 18.2 Å². The normalized spacial score (nSPS) is 11.8. The molecule has 0 atom stereocenters. The lowest BCUT2D eigenvalue weighted by atomic mass is 10.1. The van der Waals surface area contributed by atoms with E-state index in [0.717, 1.165) is 11.3 Å². The van der Waals surface area contributed by atoms with Gasteiger partial charge in [-0.25, -0.2) is 4.39 Å². The van der Waals surface area contributed by atoms with Gasteiger partial charge in [-0.15, -0.1) is 0 Å². The fraction of sp³-hybridized carbons (Fsp3) is 0.250. The second kappa shape index (κ2) is 11.2. The lowest BCUT2D eigenvalue weighted by Crippen LogP contribution is -2.10. The van der Waals surface area contributed by atoms with Crippen LogP contribution in [0.3, 0.4) is 0 Å². The summed E-state index contributed by atoms with van der Waals surface area (Å²) in [6, 6.07) is 13.2. The van der Waals surface area contributed by atoms with Gasteiger partial charge >= 0.3 is 7.60 Å². The molecule has 0 bridgehead atoms. The highest BCUT2D eigenvalue weighted by Crippen LogP contribution is 2.52. The quantitative estimate of drug-likeness (QED) is 0.306. The van der Waals surface area contributed by atoms with Gasteiger partial charge in [0.05, 0.1) is 31.3 Å². The Balaban J connectivity index is 1.78. The van der Waals surface area contributed by atoms with E-state index in [-0.39, 0.29) is 31.1 Å². The van der Waals surface area contributed by atoms with Crippen LogP contribution in [0.1, 0.15) is 25.0 Å². The van der Waals surface area contributed by atoms with Crippen molar-refractivity contribution in [3.63, 3.8) is 0 Å². The van der Waals surface area contributed by atoms with E-state index < -0.39 is 7.60 Å². The highest BCUT2D eigenvalue weighted by atomic mass is 31.2. The minimum Gasteiger partial charge on any atom is -0.322 e. The Morgan fingerprint density at radius 1 is 1.12 bits per heavy atom. The van der Waals surface area contributed by atoms with E-state index in [4.69, 9.17) is 9.05 Å². The van der Waals surface area contributed by atoms with Crippen molar-refractivity contribution in [2.75, 3.05) is 18.5 Å². The molecule has 9 heteroatoms. The zero-order valence-corrected chi connectivity index (χ0v) is 19.7. The highest BCUT2D eigenvalue weighted by molar-refractivity contribution is 7.53. The van der Waals surface area contributed by atoms with Gasteiger partial charge in [-0.05, 0) is 55.8 Å². The van der Waals surface area contributed by atoms with Gasteiger partial charge in [0.15, 0.2) is 0 Å². The first-order valence-corrected chi connectivity index (χ1v) is 12.3. The average molecular weight is 471 g/mol. The van der Waals surface area contributed by atoms with Crippen molar-refractivity contribution in [2.24, 2.45) is 7.05 Å². The van der Waals surface area contributed by atoms with Crippen molar-refractivity contribution >= 4 is 25.3 Å². The molecule has 1 N–H and O–H groups in total. The van der Waals surface area contributed by atoms with Crippen LogP contribution in [0.25, 0.3) is 17.3 Å². The summed E-state index contributed by atoms with van der Waals surface area (Å²) in [7, 11) is -1.54. The van der Waals surface area contributed by atoms with Crippen molar-refractivity contribution < 1.29 is 22.8 Å². The van der Waals surface area contributed by atoms with Gasteiger partial charge in [-0.2, -0.15) is 5.10 Å². The molecule has 0 fully saturated rings. The van der Waals surface area contributed by atoms with Crippen LogP contribution in [-0.2, 0) is 31.6 Å². The van der Waals surface area contributed by atoms with E-state index in [1.54, 1.807) is 74.2 Å².